The average Bonchev–Trinajstić information content (AvgIpc) is 3.04. The maximum atomic E-state index is 13.6. The molecule has 0 bridgehead atoms. The molecule has 0 unspecified atom stereocenters. The summed E-state index contributed by atoms with van der Waals surface area (Å²) in [6.07, 6.45) is -0.239. The highest BCUT2D eigenvalue weighted by atomic mass is 16.5. The van der Waals surface area contributed by atoms with E-state index in [-0.39, 0.29) is 25.2 Å². The number of benzene rings is 4. The first-order valence-electron chi connectivity index (χ1n) is 13.9. The number of methoxy groups -OCH3 is 1. The molecule has 0 aliphatic rings. The van der Waals surface area contributed by atoms with Crippen molar-refractivity contribution in [2.45, 2.75) is 38.5 Å². The highest BCUT2D eigenvalue weighted by Gasteiger charge is 2.29. The number of carbonyl (C=O) groups is 3. The van der Waals surface area contributed by atoms with Gasteiger partial charge < -0.3 is 19.5 Å². The van der Waals surface area contributed by atoms with Crippen LogP contribution in [0.25, 0.3) is 0 Å². The Morgan fingerprint density at radius 3 is 1.74 bits per heavy atom. The third-order valence-corrected chi connectivity index (χ3v) is 6.81. The average molecular weight is 566 g/mol. The highest BCUT2D eigenvalue weighted by Crippen LogP contribution is 2.19. The Morgan fingerprint density at radius 2 is 1.17 bits per heavy atom. The molecule has 216 valence electrons. The lowest BCUT2D eigenvalue weighted by atomic mass is 9.90. The number of rotatable bonds is 14. The second kappa shape index (κ2) is 15.8. The molecule has 1 N–H and O–H groups in total. The first-order chi connectivity index (χ1) is 20.5. The van der Waals surface area contributed by atoms with Crippen molar-refractivity contribution in [3.63, 3.8) is 0 Å². The van der Waals surface area contributed by atoms with Crippen molar-refractivity contribution < 1.29 is 28.6 Å². The van der Waals surface area contributed by atoms with Crippen molar-refractivity contribution in [1.29, 1.82) is 0 Å². The Morgan fingerprint density at radius 1 is 0.643 bits per heavy atom. The molecule has 0 radical (unpaired) electrons. The van der Waals surface area contributed by atoms with Gasteiger partial charge in [-0.1, -0.05) is 103 Å². The molecule has 2 atom stereocenters. The summed E-state index contributed by atoms with van der Waals surface area (Å²) in [5.74, 6) is -0.766. The molecule has 0 aliphatic carbocycles. The van der Waals surface area contributed by atoms with E-state index >= 15 is 0 Å². The van der Waals surface area contributed by atoms with Gasteiger partial charge in [-0.2, -0.15) is 0 Å². The quantitative estimate of drug-likeness (QED) is 0.186. The Labute approximate surface area is 246 Å². The minimum atomic E-state index is -0.910. The van der Waals surface area contributed by atoms with Gasteiger partial charge in [0.2, 0.25) is 0 Å². The highest BCUT2D eigenvalue weighted by molar-refractivity contribution is 5.90. The lowest BCUT2D eigenvalue weighted by Gasteiger charge is -2.21. The van der Waals surface area contributed by atoms with Gasteiger partial charge >= 0.3 is 12.1 Å². The Balaban J connectivity index is 1.44. The summed E-state index contributed by atoms with van der Waals surface area (Å²) in [7, 11) is 1.31. The van der Waals surface area contributed by atoms with Crippen LogP contribution < -0.4 is 10.1 Å². The largest absolute Gasteiger partial charge is 0.489 e. The smallest absolute Gasteiger partial charge is 0.408 e. The van der Waals surface area contributed by atoms with Crippen molar-refractivity contribution in [2.24, 2.45) is 5.92 Å². The van der Waals surface area contributed by atoms with Crippen molar-refractivity contribution in [3.8, 4) is 5.75 Å². The normalized spacial score (nSPS) is 12.0. The number of esters is 1. The van der Waals surface area contributed by atoms with Crippen molar-refractivity contribution in [2.75, 3.05) is 7.11 Å². The molecular formula is C35H35NO6. The van der Waals surface area contributed by atoms with Crippen LogP contribution in [0.15, 0.2) is 115 Å². The molecule has 7 heteroatoms. The SMILES string of the molecule is COC(=O)[C@@H](CC(=O)[C@H](Cc1ccc(OCc2ccccc2)cc1)NC(=O)OCc1ccccc1)Cc1ccccc1. The predicted molar refractivity (Wildman–Crippen MR) is 160 cm³/mol. The molecule has 0 aromatic heterocycles. The summed E-state index contributed by atoms with van der Waals surface area (Å²) in [6.45, 7) is 0.506. The fourth-order valence-electron chi connectivity index (χ4n) is 4.54. The Bertz CT molecular complexity index is 1410. The van der Waals surface area contributed by atoms with Gasteiger partial charge in [-0.15, -0.1) is 0 Å². The molecule has 4 rings (SSSR count). The van der Waals surface area contributed by atoms with E-state index in [1.807, 2.05) is 115 Å². The summed E-state index contributed by atoms with van der Waals surface area (Å²) in [6, 6.07) is 35.1. The summed E-state index contributed by atoms with van der Waals surface area (Å²) < 4.78 is 16.3. The minimum absolute atomic E-state index is 0.0693. The lowest BCUT2D eigenvalue weighted by Crippen LogP contribution is -2.44. The molecule has 4 aromatic carbocycles. The summed E-state index contributed by atoms with van der Waals surface area (Å²) in [5.41, 5.74) is 3.62. The molecule has 0 fully saturated rings. The summed E-state index contributed by atoms with van der Waals surface area (Å²) in [5, 5.41) is 2.73. The van der Waals surface area contributed by atoms with E-state index in [1.54, 1.807) is 0 Å². The van der Waals surface area contributed by atoms with Gasteiger partial charge in [-0.3, -0.25) is 9.59 Å². The van der Waals surface area contributed by atoms with Crippen LogP contribution in [0.1, 0.15) is 28.7 Å². The van der Waals surface area contributed by atoms with Crippen LogP contribution in [0.2, 0.25) is 0 Å². The van der Waals surface area contributed by atoms with Crippen LogP contribution in [-0.4, -0.2) is 31.0 Å². The number of Topliss-reactive ketones (excluding diaryl/α,β-unsaturated/α-hetero) is 1. The Kier molecular flexibility index (Phi) is 11.3. The zero-order valence-electron chi connectivity index (χ0n) is 23.6. The first kappa shape index (κ1) is 30.1. The molecule has 4 aromatic rings. The van der Waals surface area contributed by atoms with Gasteiger partial charge in [0.15, 0.2) is 5.78 Å². The second-order valence-corrected chi connectivity index (χ2v) is 9.96. The molecule has 7 nitrogen and oxygen atoms in total. The number of ether oxygens (including phenoxy) is 3. The maximum Gasteiger partial charge on any atom is 0.408 e. The summed E-state index contributed by atoms with van der Waals surface area (Å²) >= 11 is 0. The van der Waals surface area contributed by atoms with Crippen molar-refractivity contribution in [1.82, 2.24) is 5.32 Å². The van der Waals surface area contributed by atoms with Crippen LogP contribution in [0.3, 0.4) is 0 Å². The summed E-state index contributed by atoms with van der Waals surface area (Å²) in [4.78, 5) is 39.0. The number of ketones is 1. The van der Waals surface area contributed by atoms with Gasteiger partial charge in [0.05, 0.1) is 19.1 Å². The van der Waals surface area contributed by atoms with Gasteiger partial charge in [-0.05, 0) is 47.2 Å². The predicted octanol–water partition coefficient (Wildman–Crippen LogP) is 6.09. The number of amides is 1. The van der Waals surface area contributed by atoms with Crippen molar-refractivity contribution in [3.05, 3.63) is 138 Å². The third-order valence-electron chi connectivity index (χ3n) is 6.81. The first-order valence-corrected chi connectivity index (χ1v) is 13.9. The molecule has 0 heterocycles. The fraction of sp³-hybridized carbons (Fsp3) is 0.229. The van der Waals surface area contributed by atoms with E-state index in [9.17, 15) is 14.4 Å². The van der Waals surface area contributed by atoms with Crippen molar-refractivity contribution >= 4 is 17.8 Å². The minimum Gasteiger partial charge on any atom is -0.489 e. The monoisotopic (exact) mass is 565 g/mol. The molecule has 0 saturated carbocycles. The van der Waals surface area contributed by atoms with Crippen LogP contribution in [0, 0.1) is 5.92 Å². The van der Waals surface area contributed by atoms with Crippen LogP contribution in [0.4, 0.5) is 4.79 Å². The molecule has 1 amide bonds. The number of carbonyl (C=O) groups excluding carboxylic acids is 3. The number of hydrogen-bond acceptors (Lipinski definition) is 6. The van der Waals surface area contributed by atoms with Crippen LogP contribution in [0.5, 0.6) is 5.75 Å². The lowest BCUT2D eigenvalue weighted by molar-refractivity contribution is -0.147. The third kappa shape index (κ3) is 9.63. The second-order valence-electron chi connectivity index (χ2n) is 9.96. The maximum absolute atomic E-state index is 13.6. The topological polar surface area (TPSA) is 90.9 Å². The van der Waals surface area contributed by atoms with E-state index < -0.39 is 24.0 Å². The zero-order chi connectivity index (χ0) is 29.6. The zero-order valence-corrected chi connectivity index (χ0v) is 23.6. The van der Waals surface area contributed by atoms with Gasteiger partial charge in [-0.25, -0.2) is 4.79 Å². The Hall–Kier alpha value is -4.91. The number of nitrogens with one attached hydrogen (secondary N) is 1. The fourth-order valence-corrected chi connectivity index (χ4v) is 4.54. The van der Waals surface area contributed by atoms with E-state index in [4.69, 9.17) is 14.2 Å². The molecular weight excluding hydrogens is 530 g/mol. The van der Waals surface area contributed by atoms with E-state index in [0.717, 1.165) is 22.3 Å². The van der Waals surface area contributed by atoms with Gasteiger partial charge in [0.1, 0.15) is 19.0 Å². The molecule has 0 aliphatic heterocycles. The van der Waals surface area contributed by atoms with Crippen LogP contribution in [-0.2, 0) is 45.1 Å². The number of hydrogen-bond donors (Lipinski definition) is 1. The molecule has 0 spiro atoms. The van der Waals surface area contributed by atoms with E-state index in [1.165, 1.54) is 7.11 Å². The molecule has 0 saturated heterocycles. The van der Waals surface area contributed by atoms with Crippen LogP contribution >= 0.6 is 0 Å². The number of alkyl carbamates (subject to hydrolysis) is 1. The van der Waals surface area contributed by atoms with E-state index in [2.05, 4.69) is 5.32 Å². The molecule has 42 heavy (non-hydrogen) atoms. The van der Waals surface area contributed by atoms with Gasteiger partial charge in [0.25, 0.3) is 0 Å². The van der Waals surface area contributed by atoms with Gasteiger partial charge in [0, 0.05) is 6.42 Å². The standard InChI is InChI=1S/C35H35NO6/c1-40-34(38)30(21-26-11-5-2-6-12-26)23-33(37)32(36-35(39)42-25-29-15-9-4-10-16-29)22-27-17-19-31(20-18-27)41-24-28-13-7-3-8-14-28/h2-20,30,32H,21-25H2,1H3,(H,36,39)/t30-,32+/m1/s1. The van der Waals surface area contributed by atoms with E-state index in [0.29, 0.717) is 18.8 Å².